The summed E-state index contributed by atoms with van der Waals surface area (Å²) in [4.78, 5) is 15.5. The lowest BCUT2D eigenvalue weighted by atomic mass is 10.1. The molecule has 5 nitrogen and oxygen atoms in total. The van der Waals surface area contributed by atoms with Crippen molar-refractivity contribution in [2.75, 3.05) is 39.8 Å². The van der Waals surface area contributed by atoms with Crippen molar-refractivity contribution >= 4 is 5.91 Å². The number of aliphatic hydroxyl groups is 1. The normalized spacial score (nSPS) is 16.8. The smallest absolute Gasteiger partial charge is 0.248 e. The van der Waals surface area contributed by atoms with Gasteiger partial charge in [0.1, 0.15) is 5.76 Å². The Morgan fingerprint density at radius 3 is 2.54 bits per heavy atom. The van der Waals surface area contributed by atoms with Gasteiger partial charge in [-0.05, 0) is 43.5 Å². The molecule has 0 saturated carbocycles. The molecule has 1 aromatic carbocycles. The molecule has 2 rings (SSSR count). The number of aliphatic hydroxyl groups excluding tert-OH is 1. The molecule has 0 spiro atoms. The van der Waals surface area contributed by atoms with Crippen LogP contribution in [-0.4, -0.2) is 60.6 Å². The number of amides is 1. The highest BCUT2D eigenvalue weighted by atomic mass is 16.3. The van der Waals surface area contributed by atoms with E-state index in [-0.39, 0.29) is 0 Å². The van der Waals surface area contributed by atoms with Gasteiger partial charge in [-0.1, -0.05) is 17.9 Å². The second kappa shape index (κ2) is 8.92. The van der Waals surface area contributed by atoms with Gasteiger partial charge in [0.15, 0.2) is 0 Å². The highest BCUT2D eigenvalue weighted by Gasteiger charge is 2.13. The molecule has 1 heterocycles. The summed E-state index contributed by atoms with van der Waals surface area (Å²) < 4.78 is 0. The molecule has 0 atom stereocenters. The van der Waals surface area contributed by atoms with Crippen molar-refractivity contribution in [3.05, 3.63) is 59.4 Å². The van der Waals surface area contributed by atoms with Crippen LogP contribution < -0.4 is 5.73 Å². The van der Waals surface area contributed by atoms with E-state index in [4.69, 9.17) is 5.73 Å². The maximum atomic E-state index is 11.0. The monoisotopic (exact) mass is 325 g/mol. The van der Waals surface area contributed by atoms with Gasteiger partial charge in [0.2, 0.25) is 5.91 Å². The molecule has 1 fully saturated rings. The van der Waals surface area contributed by atoms with Crippen LogP contribution in [0.5, 0.6) is 0 Å². The van der Waals surface area contributed by atoms with Gasteiger partial charge in [-0.3, -0.25) is 9.69 Å². The van der Waals surface area contributed by atoms with Gasteiger partial charge in [0.05, 0.1) is 6.54 Å². The second-order valence-electron chi connectivity index (χ2n) is 5.81. The van der Waals surface area contributed by atoms with E-state index < -0.39 is 5.91 Å². The van der Waals surface area contributed by atoms with Crippen molar-refractivity contribution < 1.29 is 9.90 Å². The number of hydrogen-bond acceptors (Lipinski definition) is 4. The fraction of sp³-hybridized carbons (Fsp3) is 0.316. The van der Waals surface area contributed by atoms with Crippen molar-refractivity contribution in [2.24, 2.45) is 5.73 Å². The number of carbonyl (C=O) groups excluding carboxylic acids is 1. The van der Waals surface area contributed by atoms with E-state index in [2.05, 4.69) is 28.7 Å². The number of nitrogens with zero attached hydrogens (tertiary/aromatic N) is 2. The topological polar surface area (TPSA) is 69.8 Å². The molecular weight excluding hydrogens is 302 g/mol. The number of benzene rings is 1. The number of piperazine rings is 1. The molecule has 1 amide bonds. The summed E-state index contributed by atoms with van der Waals surface area (Å²) in [6.07, 6.45) is 5.08. The third-order valence-corrected chi connectivity index (χ3v) is 3.84. The standard InChI is InChI=1S/C19H23N3O2/c1-21-11-13-22(14-12-21)15-18(23)6-4-2-3-5-16-7-9-17(10-8-16)19(20)24/h2,4,6-10,23H,11-15H2,1H3,(H2,20,24)/b4-2+,18-6-. The Hall–Kier alpha value is -2.55. The number of primary amides is 1. The molecule has 0 bridgehead atoms. The third kappa shape index (κ3) is 5.92. The van der Waals surface area contributed by atoms with Gasteiger partial charge >= 0.3 is 0 Å². The number of allylic oxidation sites excluding steroid dienone is 3. The molecule has 0 aromatic heterocycles. The van der Waals surface area contributed by atoms with Crippen molar-refractivity contribution in [3.63, 3.8) is 0 Å². The van der Waals surface area contributed by atoms with Crippen LogP contribution in [0.3, 0.4) is 0 Å². The Morgan fingerprint density at radius 2 is 1.92 bits per heavy atom. The molecule has 0 unspecified atom stereocenters. The maximum Gasteiger partial charge on any atom is 0.248 e. The van der Waals surface area contributed by atoms with E-state index in [9.17, 15) is 9.90 Å². The van der Waals surface area contributed by atoms with Crippen LogP contribution in [0.25, 0.3) is 0 Å². The summed E-state index contributed by atoms with van der Waals surface area (Å²) in [6, 6.07) is 6.80. The molecule has 1 aliphatic heterocycles. The lowest BCUT2D eigenvalue weighted by Crippen LogP contribution is -2.45. The predicted octanol–water partition coefficient (Wildman–Crippen LogP) is 1.38. The first-order chi connectivity index (χ1) is 11.5. The summed E-state index contributed by atoms with van der Waals surface area (Å²) in [5, 5.41) is 9.93. The largest absolute Gasteiger partial charge is 0.511 e. The number of nitrogens with two attached hydrogens (primary N) is 1. The first-order valence-electron chi connectivity index (χ1n) is 7.91. The van der Waals surface area contributed by atoms with Gasteiger partial charge in [-0.2, -0.15) is 0 Å². The van der Waals surface area contributed by atoms with Crippen LogP contribution in [0.4, 0.5) is 0 Å². The Kier molecular flexibility index (Phi) is 6.62. The van der Waals surface area contributed by atoms with Gasteiger partial charge in [-0.25, -0.2) is 0 Å². The average Bonchev–Trinajstić information content (AvgIpc) is 2.57. The average molecular weight is 325 g/mol. The molecule has 3 N–H and O–H groups in total. The molecule has 126 valence electrons. The summed E-state index contributed by atoms with van der Waals surface area (Å²) in [6.45, 7) is 4.57. The van der Waals surface area contributed by atoms with Gasteiger partial charge in [-0.15, -0.1) is 0 Å². The van der Waals surface area contributed by atoms with Crippen molar-refractivity contribution in [2.45, 2.75) is 0 Å². The minimum atomic E-state index is -0.449. The number of carbonyl (C=O) groups is 1. The highest BCUT2D eigenvalue weighted by molar-refractivity contribution is 5.92. The fourth-order valence-corrected chi connectivity index (χ4v) is 2.34. The second-order valence-corrected chi connectivity index (χ2v) is 5.81. The highest BCUT2D eigenvalue weighted by Crippen LogP contribution is 2.03. The molecule has 0 radical (unpaired) electrons. The minimum absolute atomic E-state index is 0.336. The van der Waals surface area contributed by atoms with Crippen molar-refractivity contribution in [3.8, 4) is 11.8 Å². The predicted molar refractivity (Wildman–Crippen MR) is 95.6 cm³/mol. The van der Waals surface area contributed by atoms with E-state index in [0.717, 1.165) is 31.7 Å². The zero-order valence-electron chi connectivity index (χ0n) is 13.9. The first-order valence-corrected chi connectivity index (χ1v) is 7.91. The fourth-order valence-electron chi connectivity index (χ4n) is 2.34. The SMILES string of the molecule is CN1CCN(C/C(O)=C/C=C/C#Cc2ccc(C(N)=O)cc2)CC1. The van der Waals surface area contributed by atoms with Crippen molar-refractivity contribution in [1.82, 2.24) is 9.80 Å². The summed E-state index contributed by atoms with van der Waals surface area (Å²) in [5.41, 5.74) is 6.45. The van der Waals surface area contributed by atoms with Crippen LogP contribution >= 0.6 is 0 Å². The summed E-state index contributed by atoms with van der Waals surface area (Å²) in [5.74, 6) is 5.74. The van der Waals surface area contributed by atoms with Gasteiger partial charge in [0, 0.05) is 37.3 Å². The summed E-state index contributed by atoms with van der Waals surface area (Å²) >= 11 is 0. The maximum absolute atomic E-state index is 11.0. The molecular formula is C19H23N3O2. The van der Waals surface area contributed by atoms with Gasteiger partial charge < -0.3 is 15.7 Å². The number of rotatable bonds is 4. The van der Waals surface area contributed by atoms with E-state index in [1.54, 1.807) is 42.5 Å². The van der Waals surface area contributed by atoms with E-state index in [1.165, 1.54) is 0 Å². The zero-order chi connectivity index (χ0) is 17.4. The van der Waals surface area contributed by atoms with Gasteiger partial charge in [0.25, 0.3) is 0 Å². The Labute approximate surface area is 143 Å². The Bertz CT molecular complexity index is 673. The summed E-state index contributed by atoms with van der Waals surface area (Å²) in [7, 11) is 2.11. The van der Waals surface area contributed by atoms with Crippen LogP contribution in [0, 0.1) is 11.8 Å². The van der Waals surface area contributed by atoms with E-state index in [1.807, 2.05) is 0 Å². The zero-order valence-corrected chi connectivity index (χ0v) is 13.9. The lowest BCUT2D eigenvalue weighted by Gasteiger charge is -2.31. The van der Waals surface area contributed by atoms with Crippen LogP contribution in [-0.2, 0) is 0 Å². The molecule has 0 aliphatic carbocycles. The molecule has 5 heteroatoms. The lowest BCUT2D eigenvalue weighted by molar-refractivity contribution is 0.100. The molecule has 24 heavy (non-hydrogen) atoms. The molecule has 1 saturated heterocycles. The van der Waals surface area contributed by atoms with E-state index in [0.29, 0.717) is 17.9 Å². The number of hydrogen-bond donors (Lipinski definition) is 2. The third-order valence-electron chi connectivity index (χ3n) is 3.84. The molecule has 1 aliphatic rings. The Balaban J connectivity index is 1.82. The van der Waals surface area contributed by atoms with Crippen LogP contribution in [0.1, 0.15) is 15.9 Å². The Morgan fingerprint density at radius 1 is 1.25 bits per heavy atom. The first kappa shape index (κ1) is 17.8. The quantitative estimate of drug-likeness (QED) is 0.498. The minimum Gasteiger partial charge on any atom is -0.511 e. The number of likely N-dealkylation sites (N-methyl/N-ethyl adjacent to an activating group) is 1. The van der Waals surface area contributed by atoms with Crippen molar-refractivity contribution in [1.29, 1.82) is 0 Å². The van der Waals surface area contributed by atoms with E-state index >= 15 is 0 Å². The van der Waals surface area contributed by atoms with Crippen LogP contribution in [0.2, 0.25) is 0 Å². The van der Waals surface area contributed by atoms with Crippen LogP contribution in [0.15, 0.2) is 48.3 Å². The molecule has 1 aromatic rings.